The Balaban J connectivity index is 1.07. The molecule has 0 saturated carbocycles. The van der Waals surface area contributed by atoms with Crippen molar-refractivity contribution in [1.29, 1.82) is 0 Å². The van der Waals surface area contributed by atoms with Crippen molar-refractivity contribution in [3.63, 3.8) is 0 Å². The van der Waals surface area contributed by atoms with E-state index in [2.05, 4.69) is 33.3 Å². The average molecular weight is 465 g/mol. The Hall–Kier alpha value is -3.30. The molecule has 2 aromatic carbocycles. The molecule has 2 aromatic rings. The highest BCUT2D eigenvalue weighted by Crippen LogP contribution is 2.38. The van der Waals surface area contributed by atoms with Crippen molar-refractivity contribution in [3.8, 4) is 17.2 Å². The number of rotatable bonds is 5. The van der Waals surface area contributed by atoms with Gasteiger partial charge in [-0.2, -0.15) is 0 Å². The Kier molecular flexibility index (Phi) is 5.11. The topological polar surface area (TPSA) is 83.6 Å². The first-order valence-corrected chi connectivity index (χ1v) is 11.7. The van der Waals surface area contributed by atoms with Gasteiger partial charge in [-0.05, 0) is 41.8 Å². The molecule has 34 heavy (non-hydrogen) atoms. The van der Waals surface area contributed by atoms with E-state index < -0.39 is 5.54 Å². The summed E-state index contributed by atoms with van der Waals surface area (Å²) >= 11 is 0. The maximum atomic E-state index is 13.3. The van der Waals surface area contributed by atoms with Gasteiger partial charge in [-0.15, -0.1) is 0 Å². The van der Waals surface area contributed by atoms with E-state index in [4.69, 9.17) is 14.2 Å². The summed E-state index contributed by atoms with van der Waals surface area (Å²) in [4.78, 5) is 32.0. The van der Waals surface area contributed by atoms with Gasteiger partial charge in [0.15, 0.2) is 11.5 Å². The standard InChI is InChI=1S/C25H28N4O5/c1-25(19-3-5-21-22(13-19)34-16-33-21)23(30)29(24(31)26-25)15-28-9-7-27(8-10-28)14-17-2-4-20-18(12-17)6-11-32-20/h2-5,12-13H,6-11,14-16H2,1H3,(H,26,31)/t25-/m1/s1. The van der Waals surface area contributed by atoms with Crippen LogP contribution in [0.15, 0.2) is 36.4 Å². The zero-order valence-electron chi connectivity index (χ0n) is 19.2. The molecule has 3 amide bonds. The van der Waals surface area contributed by atoms with Crippen molar-refractivity contribution in [2.75, 3.05) is 46.2 Å². The third kappa shape index (κ3) is 3.65. The van der Waals surface area contributed by atoms with Crippen molar-refractivity contribution in [2.45, 2.75) is 25.4 Å². The summed E-state index contributed by atoms with van der Waals surface area (Å²) in [5.74, 6) is 1.99. The van der Waals surface area contributed by atoms with Gasteiger partial charge in [0.25, 0.3) is 5.91 Å². The van der Waals surface area contributed by atoms with Gasteiger partial charge >= 0.3 is 6.03 Å². The van der Waals surface area contributed by atoms with Gasteiger partial charge in [0.2, 0.25) is 6.79 Å². The van der Waals surface area contributed by atoms with E-state index in [1.165, 1.54) is 16.0 Å². The Morgan fingerprint density at radius 2 is 1.68 bits per heavy atom. The number of hydrogen-bond donors (Lipinski definition) is 1. The maximum Gasteiger partial charge on any atom is 0.326 e. The molecule has 9 nitrogen and oxygen atoms in total. The molecule has 4 heterocycles. The van der Waals surface area contributed by atoms with Gasteiger partial charge in [-0.3, -0.25) is 14.6 Å². The maximum absolute atomic E-state index is 13.3. The molecule has 2 saturated heterocycles. The number of nitrogens with zero attached hydrogens (tertiary/aromatic N) is 3. The Labute approximate surface area is 198 Å². The molecule has 6 rings (SSSR count). The van der Waals surface area contributed by atoms with E-state index in [1.807, 2.05) is 0 Å². The fourth-order valence-corrected chi connectivity index (χ4v) is 5.11. The van der Waals surface area contributed by atoms with Gasteiger partial charge in [-0.1, -0.05) is 18.2 Å². The second-order valence-corrected chi connectivity index (χ2v) is 9.43. The largest absolute Gasteiger partial charge is 0.493 e. The number of ether oxygens (including phenoxy) is 3. The molecule has 4 aliphatic rings. The highest BCUT2D eigenvalue weighted by Gasteiger charge is 2.49. The molecular weight excluding hydrogens is 436 g/mol. The molecule has 178 valence electrons. The molecule has 4 aliphatic heterocycles. The van der Waals surface area contributed by atoms with Crippen molar-refractivity contribution >= 4 is 11.9 Å². The van der Waals surface area contributed by atoms with Crippen LogP contribution in [0.3, 0.4) is 0 Å². The van der Waals surface area contributed by atoms with Crippen LogP contribution >= 0.6 is 0 Å². The van der Waals surface area contributed by atoms with Crippen LogP contribution in [0.4, 0.5) is 4.79 Å². The van der Waals surface area contributed by atoms with Crippen LogP contribution in [0.5, 0.6) is 17.2 Å². The zero-order chi connectivity index (χ0) is 23.3. The highest BCUT2D eigenvalue weighted by molar-refractivity contribution is 6.07. The summed E-state index contributed by atoms with van der Waals surface area (Å²) in [5, 5.41) is 2.88. The lowest BCUT2D eigenvalue weighted by molar-refractivity contribution is -0.132. The number of benzene rings is 2. The molecule has 0 unspecified atom stereocenters. The normalized spacial score (nSPS) is 24.3. The number of carbonyl (C=O) groups is 2. The summed E-state index contributed by atoms with van der Waals surface area (Å²) in [6, 6.07) is 11.4. The molecule has 0 aromatic heterocycles. The molecule has 2 fully saturated rings. The van der Waals surface area contributed by atoms with E-state index in [1.54, 1.807) is 25.1 Å². The summed E-state index contributed by atoms with van der Waals surface area (Å²) in [7, 11) is 0. The van der Waals surface area contributed by atoms with Gasteiger partial charge in [0.05, 0.1) is 13.3 Å². The van der Waals surface area contributed by atoms with E-state index in [0.29, 0.717) is 17.1 Å². The summed E-state index contributed by atoms with van der Waals surface area (Å²) in [6.07, 6.45) is 0.980. The molecular formula is C25H28N4O5. The SMILES string of the molecule is C[C@]1(c2ccc3c(c2)OCO3)NC(=O)N(CN2CCN(Cc3ccc4c(c3)CCO4)CC2)C1=O. The number of piperazine rings is 1. The number of fused-ring (bicyclic) bond motifs is 2. The second kappa shape index (κ2) is 8.18. The number of nitrogens with one attached hydrogen (secondary N) is 1. The van der Waals surface area contributed by atoms with Crippen LogP contribution in [-0.2, 0) is 23.3 Å². The lowest BCUT2D eigenvalue weighted by Crippen LogP contribution is -2.51. The highest BCUT2D eigenvalue weighted by atomic mass is 16.7. The summed E-state index contributed by atoms with van der Waals surface area (Å²) in [6.45, 7) is 7.22. The van der Waals surface area contributed by atoms with Gasteiger partial charge in [-0.25, -0.2) is 9.69 Å². The third-order valence-electron chi connectivity index (χ3n) is 7.19. The molecule has 1 N–H and O–H groups in total. The van der Waals surface area contributed by atoms with Crippen LogP contribution in [0.25, 0.3) is 0 Å². The fraction of sp³-hybridized carbons (Fsp3) is 0.440. The smallest absolute Gasteiger partial charge is 0.326 e. The minimum absolute atomic E-state index is 0.162. The van der Waals surface area contributed by atoms with Crippen LogP contribution in [-0.4, -0.2) is 72.9 Å². The van der Waals surface area contributed by atoms with Crippen molar-refractivity contribution in [2.24, 2.45) is 0 Å². The number of urea groups is 1. The van der Waals surface area contributed by atoms with Crippen molar-refractivity contribution in [3.05, 3.63) is 53.1 Å². The molecule has 0 aliphatic carbocycles. The van der Waals surface area contributed by atoms with Crippen LogP contribution < -0.4 is 19.5 Å². The minimum atomic E-state index is -1.13. The quantitative estimate of drug-likeness (QED) is 0.677. The number of hydrogen-bond acceptors (Lipinski definition) is 7. The predicted molar refractivity (Wildman–Crippen MR) is 123 cm³/mol. The van der Waals surface area contributed by atoms with Crippen LogP contribution in [0.2, 0.25) is 0 Å². The fourth-order valence-electron chi connectivity index (χ4n) is 5.11. The molecule has 0 bridgehead atoms. The second-order valence-electron chi connectivity index (χ2n) is 9.43. The summed E-state index contributed by atoms with van der Waals surface area (Å²) in [5.41, 5.74) is 2.14. The molecule has 1 atom stereocenters. The van der Waals surface area contributed by atoms with E-state index in [9.17, 15) is 9.59 Å². The first-order chi connectivity index (χ1) is 16.5. The lowest BCUT2D eigenvalue weighted by atomic mass is 9.92. The monoisotopic (exact) mass is 464 g/mol. The summed E-state index contributed by atoms with van der Waals surface area (Å²) < 4.78 is 16.4. The number of amides is 3. The van der Waals surface area contributed by atoms with Gasteiger partial charge in [0.1, 0.15) is 11.3 Å². The van der Waals surface area contributed by atoms with E-state index >= 15 is 0 Å². The van der Waals surface area contributed by atoms with Crippen molar-refractivity contribution < 1.29 is 23.8 Å². The van der Waals surface area contributed by atoms with Crippen molar-refractivity contribution in [1.82, 2.24) is 20.0 Å². The van der Waals surface area contributed by atoms with Gasteiger partial charge < -0.3 is 19.5 Å². The number of carbonyl (C=O) groups excluding carboxylic acids is 2. The van der Waals surface area contributed by atoms with Crippen LogP contribution in [0, 0.1) is 0 Å². The molecule has 9 heteroatoms. The van der Waals surface area contributed by atoms with E-state index in [0.717, 1.165) is 51.5 Å². The molecule has 0 radical (unpaired) electrons. The lowest BCUT2D eigenvalue weighted by Gasteiger charge is -2.36. The van der Waals surface area contributed by atoms with Gasteiger partial charge in [0, 0.05) is 39.1 Å². The Morgan fingerprint density at radius 3 is 2.53 bits per heavy atom. The third-order valence-corrected chi connectivity index (χ3v) is 7.19. The first-order valence-electron chi connectivity index (χ1n) is 11.7. The average Bonchev–Trinajstić information content (AvgIpc) is 3.55. The zero-order valence-corrected chi connectivity index (χ0v) is 19.2. The Morgan fingerprint density at radius 1 is 0.912 bits per heavy atom. The van der Waals surface area contributed by atoms with Crippen LogP contribution in [0.1, 0.15) is 23.6 Å². The molecule has 0 spiro atoms. The van der Waals surface area contributed by atoms with E-state index in [-0.39, 0.29) is 25.4 Å². The first kappa shape index (κ1) is 21.2. The Bertz CT molecular complexity index is 1150. The minimum Gasteiger partial charge on any atom is -0.493 e. The predicted octanol–water partition coefficient (Wildman–Crippen LogP) is 1.89. The number of imide groups is 1.